The molecular weight excluding hydrogens is 269 g/mol. The summed E-state index contributed by atoms with van der Waals surface area (Å²) in [5, 5.41) is 7.36. The molecule has 4 nitrogen and oxygen atoms in total. The molecule has 1 heterocycles. The van der Waals surface area contributed by atoms with E-state index in [1.807, 2.05) is 24.1 Å². The molecule has 0 unspecified atom stereocenters. The van der Waals surface area contributed by atoms with Crippen LogP contribution in [0.2, 0.25) is 0 Å². The third kappa shape index (κ3) is 4.86. The molecule has 114 valence electrons. The van der Waals surface area contributed by atoms with Gasteiger partial charge in [-0.3, -0.25) is 0 Å². The van der Waals surface area contributed by atoms with E-state index >= 15 is 0 Å². The smallest absolute Gasteiger partial charge is 0.156 e. The number of anilines is 1. The Labute approximate surface area is 124 Å². The molecule has 0 aliphatic carbocycles. The zero-order valence-corrected chi connectivity index (χ0v) is 12.8. The topological polar surface area (TPSA) is 41.3 Å². The molecule has 0 aliphatic heterocycles. The van der Waals surface area contributed by atoms with E-state index in [0.29, 0.717) is 19.0 Å². The van der Waals surface area contributed by atoms with Crippen molar-refractivity contribution in [1.82, 2.24) is 10.5 Å². The van der Waals surface area contributed by atoms with Gasteiger partial charge in [-0.2, -0.15) is 0 Å². The van der Waals surface area contributed by atoms with E-state index in [2.05, 4.69) is 24.3 Å². The van der Waals surface area contributed by atoms with Crippen LogP contribution in [0.15, 0.2) is 34.9 Å². The van der Waals surface area contributed by atoms with Gasteiger partial charge < -0.3 is 14.7 Å². The van der Waals surface area contributed by atoms with Crippen molar-refractivity contribution in [3.63, 3.8) is 0 Å². The van der Waals surface area contributed by atoms with Gasteiger partial charge in [0.25, 0.3) is 0 Å². The Kier molecular flexibility index (Phi) is 5.33. The molecule has 0 saturated carbocycles. The Morgan fingerprint density at radius 2 is 2.14 bits per heavy atom. The molecule has 5 heteroatoms. The fraction of sp³-hybridized carbons (Fsp3) is 0.438. The average molecular weight is 291 g/mol. The predicted molar refractivity (Wildman–Crippen MR) is 81.6 cm³/mol. The Morgan fingerprint density at radius 1 is 1.33 bits per heavy atom. The van der Waals surface area contributed by atoms with E-state index < -0.39 is 0 Å². The Hall–Kier alpha value is -1.88. The second-order valence-electron chi connectivity index (χ2n) is 5.65. The summed E-state index contributed by atoms with van der Waals surface area (Å²) in [6, 6.07) is 8.43. The Balaban J connectivity index is 1.90. The number of aromatic nitrogens is 1. The molecule has 0 fully saturated rings. The molecule has 1 aromatic carbocycles. The van der Waals surface area contributed by atoms with E-state index in [-0.39, 0.29) is 5.82 Å². The highest BCUT2D eigenvalue weighted by Gasteiger charge is 2.08. The van der Waals surface area contributed by atoms with E-state index in [1.165, 1.54) is 12.1 Å². The van der Waals surface area contributed by atoms with E-state index in [1.54, 1.807) is 6.07 Å². The highest BCUT2D eigenvalue weighted by atomic mass is 19.1. The zero-order chi connectivity index (χ0) is 15.2. The molecule has 2 aromatic rings. The summed E-state index contributed by atoms with van der Waals surface area (Å²) in [5.41, 5.74) is 1.70. The summed E-state index contributed by atoms with van der Waals surface area (Å²) >= 11 is 0. The van der Waals surface area contributed by atoms with Gasteiger partial charge in [0.2, 0.25) is 0 Å². The molecule has 0 saturated heterocycles. The average Bonchev–Trinajstić information content (AvgIpc) is 2.86. The lowest BCUT2D eigenvalue weighted by atomic mass is 10.2. The number of benzene rings is 1. The van der Waals surface area contributed by atoms with Crippen LogP contribution in [0, 0.1) is 11.7 Å². The minimum atomic E-state index is -0.240. The molecule has 0 aliphatic rings. The van der Waals surface area contributed by atoms with Crippen LogP contribution in [0.25, 0.3) is 0 Å². The van der Waals surface area contributed by atoms with Gasteiger partial charge in [0.15, 0.2) is 5.76 Å². The zero-order valence-electron chi connectivity index (χ0n) is 12.8. The van der Waals surface area contributed by atoms with Gasteiger partial charge in [-0.05, 0) is 30.7 Å². The van der Waals surface area contributed by atoms with Crippen LogP contribution in [-0.2, 0) is 13.1 Å². The van der Waals surface area contributed by atoms with E-state index in [4.69, 9.17) is 4.52 Å². The van der Waals surface area contributed by atoms with E-state index in [0.717, 1.165) is 23.7 Å². The monoisotopic (exact) mass is 291 g/mol. The van der Waals surface area contributed by atoms with Gasteiger partial charge in [0.1, 0.15) is 5.82 Å². The van der Waals surface area contributed by atoms with Gasteiger partial charge in [-0.25, -0.2) is 4.39 Å². The number of rotatable bonds is 7. The summed E-state index contributed by atoms with van der Waals surface area (Å²) < 4.78 is 18.5. The first-order chi connectivity index (χ1) is 10.0. The molecule has 2 rings (SSSR count). The van der Waals surface area contributed by atoms with Gasteiger partial charge in [0.05, 0.1) is 12.2 Å². The van der Waals surface area contributed by atoms with Crippen LogP contribution in [0.5, 0.6) is 0 Å². The second-order valence-corrected chi connectivity index (χ2v) is 5.65. The SMILES string of the molecule is CC(C)CNCc1cc(CN(C)c2cccc(F)c2)on1. The van der Waals surface area contributed by atoms with Crippen LogP contribution in [-0.4, -0.2) is 18.7 Å². The molecule has 1 aromatic heterocycles. The first-order valence-corrected chi connectivity index (χ1v) is 7.16. The standard InChI is InChI=1S/C16H22FN3O/c1-12(2)9-18-10-14-8-16(21-19-14)11-20(3)15-6-4-5-13(17)7-15/h4-8,12,18H,9-11H2,1-3H3. The summed E-state index contributed by atoms with van der Waals surface area (Å²) in [7, 11) is 1.90. The number of nitrogens with zero attached hydrogens (tertiary/aromatic N) is 2. The summed E-state index contributed by atoms with van der Waals surface area (Å²) in [4.78, 5) is 1.93. The van der Waals surface area contributed by atoms with Gasteiger partial charge >= 0.3 is 0 Å². The summed E-state index contributed by atoms with van der Waals surface area (Å²) in [6.07, 6.45) is 0. The van der Waals surface area contributed by atoms with Crippen molar-refractivity contribution >= 4 is 5.69 Å². The normalized spacial score (nSPS) is 11.1. The van der Waals surface area contributed by atoms with Crippen LogP contribution >= 0.6 is 0 Å². The van der Waals surface area contributed by atoms with Gasteiger partial charge in [0, 0.05) is 25.3 Å². The third-order valence-corrected chi connectivity index (χ3v) is 3.11. The molecule has 0 amide bonds. The Bertz CT molecular complexity index is 568. The minimum absolute atomic E-state index is 0.240. The van der Waals surface area contributed by atoms with Crippen molar-refractivity contribution < 1.29 is 8.91 Å². The van der Waals surface area contributed by atoms with Crippen molar-refractivity contribution in [2.45, 2.75) is 26.9 Å². The summed E-state index contributed by atoms with van der Waals surface area (Å²) in [5.74, 6) is 1.13. The fourth-order valence-corrected chi connectivity index (χ4v) is 2.04. The largest absolute Gasteiger partial charge is 0.367 e. The van der Waals surface area contributed by atoms with Gasteiger partial charge in [-0.15, -0.1) is 0 Å². The highest BCUT2D eigenvalue weighted by Crippen LogP contribution is 2.17. The molecule has 0 atom stereocenters. The maximum atomic E-state index is 13.2. The molecule has 0 spiro atoms. The van der Waals surface area contributed by atoms with Crippen molar-refractivity contribution in [2.75, 3.05) is 18.5 Å². The van der Waals surface area contributed by atoms with Crippen LogP contribution in [0.3, 0.4) is 0 Å². The van der Waals surface area contributed by atoms with Crippen molar-refractivity contribution in [1.29, 1.82) is 0 Å². The quantitative estimate of drug-likeness (QED) is 0.850. The maximum Gasteiger partial charge on any atom is 0.156 e. The lowest BCUT2D eigenvalue weighted by molar-refractivity contribution is 0.374. The maximum absolute atomic E-state index is 13.2. The predicted octanol–water partition coefficient (Wildman–Crippen LogP) is 3.20. The molecular formula is C16H22FN3O. The van der Waals surface area contributed by atoms with Crippen molar-refractivity contribution in [3.05, 3.63) is 47.6 Å². The third-order valence-electron chi connectivity index (χ3n) is 3.11. The van der Waals surface area contributed by atoms with Crippen molar-refractivity contribution in [2.24, 2.45) is 5.92 Å². The second kappa shape index (κ2) is 7.22. The molecule has 0 bridgehead atoms. The van der Waals surface area contributed by atoms with E-state index in [9.17, 15) is 4.39 Å². The van der Waals surface area contributed by atoms with Gasteiger partial charge in [-0.1, -0.05) is 25.1 Å². The molecule has 1 N–H and O–H groups in total. The lowest BCUT2D eigenvalue weighted by Gasteiger charge is -2.17. The highest BCUT2D eigenvalue weighted by molar-refractivity contribution is 5.45. The minimum Gasteiger partial charge on any atom is -0.367 e. The van der Waals surface area contributed by atoms with Crippen LogP contribution < -0.4 is 10.2 Å². The fourth-order valence-electron chi connectivity index (χ4n) is 2.04. The number of halogens is 1. The van der Waals surface area contributed by atoms with Crippen LogP contribution in [0.4, 0.5) is 10.1 Å². The first kappa shape index (κ1) is 15.5. The summed E-state index contributed by atoms with van der Waals surface area (Å²) in [6.45, 7) is 6.53. The number of hydrogen-bond donors (Lipinski definition) is 1. The Morgan fingerprint density at radius 3 is 2.86 bits per heavy atom. The molecule has 0 radical (unpaired) electrons. The first-order valence-electron chi connectivity index (χ1n) is 7.16. The van der Waals surface area contributed by atoms with Crippen molar-refractivity contribution in [3.8, 4) is 0 Å². The lowest BCUT2D eigenvalue weighted by Crippen LogP contribution is -2.19. The molecule has 21 heavy (non-hydrogen) atoms. The number of hydrogen-bond acceptors (Lipinski definition) is 4. The van der Waals surface area contributed by atoms with Crippen LogP contribution in [0.1, 0.15) is 25.3 Å². The number of nitrogens with one attached hydrogen (secondary N) is 1.